The molecule has 1 fully saturated rings. The summed E-state index contributed by atoms with van der Waals surface area (Å²) in [6, 6.07) is 3.59. The third-order valence-corrected chi connectivity index (χ3v) is 4.47. The predicted octanol–water partition coefficient (Wildman–Crippen LogP) is 1.96. The maximum Gasteiger partial charge on any atom is 0.255 e. The summed E-state index contributed by atoms with van der Waals surface area (Å²) in [4.78, 5) is 29.6. The zero-order valence-electron chi connectivity index (χ0n) is 13.9. The third kappa shape index (κ3) is 4.34. The highest BCUT2D eigenvalue weighted by atomic mass is 16.2. The van der Waals surface area contributed by atoms with Gasteiger partial charge >= 0.3 is 0 Å². The van der Waals surface area contributed by atoms with Gasteiger partial charge in [0.2, 0.25) is 5.91 Å². The van der Waals surface area contributed by atoms with Crippen molar-refractivity contribution < 1.29 is 9.59 Å². The molecule has 3 rings (SSSR count). The lowest BCUT2D eigenvalue weighted by Gasteiger charge is -2.26. The molecule has 128 valence electrons. The Labute approximate surface area is 142 Å². The Morgan fingerprint density at radius 1 is 1.33 bits per heavy atom. The zero-order chi connectivity index (χ0) is 16.8. The molecule has 1 aromatic rings. The number of hydrogen-bond acceptors (Lipinski definition) is 4. The number of allylic oxidation sites excluding steroid dienone is 1. The average Bonchev–Trinajstić information content (AvgIpc) is 2.63. The fourth-order valence-electron chi connectivity index (χ4n) is 3.10. The summed E-state index contributed by atoms with van der Waals surface area (Å²) in [7, 11) is 0. The van der Waals surface area contributed by atoms with Crippen LogP contribution in [0, 0.1) is 0 Å². The summed E-state index contributed by atoms with van der Waals surface area (Å²) in [5.41, 5.74) is 2.05. The first kappa shape index (κ1) is 16.5. The molecule has 0 bridgehead atoms. The quantitative estimate of drug-likeness (QED) is 0.810. The monoisotopic (exact) mass is 328 g/mol. The molecule has 0 spiro atoms. The van der Waals surface area contributed by atoms with E-state index in [1.165, 1.54) is 31.3 Å². The Hall–Kier alpha value is -2.37. The molecule has 6 nitrogen and oxygen atoms in total. The Morgan fingerprint density at radius 3 is 2.96 bits per heavy atom. The number of pyridine rings is 1. The van der Waals surface area contributed by atoms with Crippen LogP contribution in [0.5, 0.6) is 0 Å². The molecule has 2 heterocycles. The van der Waals surface area contributed by atoms with Gasteiger partial charge in [-0.2, -0.15) is 0 Å². The lowest BCUT2D eigenvalue weighted by molar-refractivity contribution is -0.123. The van der Waals surface area contributed by atoms with Gasteiger partial charge in [-0.25, -0.2) is 4.98 Å². The number of piperazine rings is 1. The summed E-state index contributed by atoms with van der Waals surface area (Å²) in [5.74, 6) is 0.522. The van der Waals surface area contributed by atoms with Crippen molar-refractivity contribution in [3.63, 3.8) is 0 Å². The molecule has 0 radical (unpaired) electrons. The highest BCUT2D eigenvalue weighted by molar-refractivity contribution is 5.96. The van der Waals surface area contributed by atoms with Crippen LogP contribution in [0.2, 0.25) is 0 Å². The number of nitrogens with one attached hydrogen (secondary N) is 2. The third-order valence-electron chi connectivity index (χ3n) is 4.47. The van der Waals surface area contributed by atoms with E-state index in [-0.39, 0.29) is 18.4 Å². The van der Waals surface area contributed by atoms with Crippen LogP contribution in [0.25, 0.3) is 0 Å². The molecular formula is C18H24N4O2. The summed E-state index contributed by atoms with van der Waals surface area (Å²) >= 11 is 0. The average molecular weight is 328 g/mol. The molecule has 0 aromatic carbocycles. The van der Waals surface area contributed by atoms with Gasteiger partial charge in [-0.05, 0) is 44.2 Å². The van der Waals surface area contributed by atoms with Crippen molar-refractivity contribution in [1.29, 1.82) is 0 Å². The van der Waals surface area contributed by atoms with Crippen molar-refractivity contribution in [1.82, 2.24) is 15.2 Å². The molecule has 0 unspecified atom stereocenters. The van der Waals surface area contributed by atoms with E-state index in [9.17, 15) is 9.59 Å². The van der Waals surface area contributed by atoms with Crippen LogP contribution in [0.15, 0.2) is 30.0 Å². The van der Waals surface area contributed by atoms with Crippen LogP contribution in [0.1, 0.15) is 42.5 Å². The van der Waals surface area contributed by atoms with E-state index in [4.69, 9.17) is 0 Å². The largest absolute Gasteiger partial charge is 0.370 e. The molecule has 1 aliphatic heterocycles. The minimum Gasteiger partial charge on any atom is -0.370 e. The van der Waals surface area contributed by atoms with E-state index in [0.717, 1.165) is 18.8 Å². The predicted molar refractivity (Wildman–Crippen MR) is 92.8 cm³/mol. The van der Waals surface area contributed by atoms with Crippen LogP contribution in [0.3, 0.4) is 0 Å². The Morgan fingerprint density at radius 2 is 2.25 bits per heavy atom. The molecule has 1 aromatic heterocycles. The van der Waals surface area contributed by atoms with Crippen molar-refractivity contribution in [3.05, 3.63) is 35.5 Å². The number of aromatic nitrogens is 1. The number of carbonyl (C=O) groups is 2. The molecule has 1 saturated heterocycles. The van der Waals surface area contributed by atoms with Crippen molar-refractivity contribution in [2.75, 3.05) is 31.5 Å². The van der Waals surface area contributed by atoms with Crippen molar-refractivity contribution in [2.24, 2.45) is 0 Å². The Kier molecular flexibility index (Phi) is 5.46. The Bertz CT molecular complexity index is 624. The number of nitrogens with zero attached hydrogens (tertiary/aromatic N) is 2. The molecule has 2 amide bonds. The second kappa shape index (κ2) is 7.95. The van der Waals surface area contributed by atoms with Crippen molar-refractivity contribution >= 4 is 17.6 Å². The smallest absolute Gasteiger partial charge is 0.255 e. The molecule has 6 heteroatoms. The van der Waals surface area contributed by atoms with Crippen molar-refractivity contribution in [3.8, 4) is 0 Å². The molecule has 24 heavy (non-hydrogen) atoms. The fraction of sp³-hybridized carbons (Fsp3) is 0.500. The number of anilines is 1. The maximum atomic E-state index is 12.4. The van der Waals surface area contributed by atoms with Crippen LogP contribution in [-0.2, 0) is 4.79 Å². The van der Waals surface area contributed by atoms with Gasteiger partial charge in [0.15, 0.2) is 0 Å². The van der Waals surface area contributed by atoms with Gasteiger partial charge in [-0.15, -0.1) is 0 Å². The van der Waals surface area contributed by atoms with E-state index in [0.29, 0.717) is 18.7 Å². The minimum atomic E-state index is -0.142. The SMILES string of the molecule is O=C1CN(C(=O)c2ccc(NCCC3=CCCCC3)nc2)CCN1. The van der Waals surface area contributed by atoms with Crippen LogP contribution < -0.4 is 10.6 Å². The summed E-state index contributed by atoms with van der Waals surface area (Å²) in [6.45, 7) is 2.03. The van der Waals surface area contributed by atoms with Crippen molar-refractivity contribution in [2.45, 2.75) is 32.1 Å². The van der Waals surface area contributed by atoms with E-state index in [1.54, 1.807) is 17.2 Å². The Balaban J connectivity index is 1.50. The van der Waals surface area contributed by atoms with Gasteiger partial charge in [0.05, 0.1) is 12.1 Å². The number of carbonyl (C=O) groups excluding carboxylic acids is 2. The van der Waals surface area contributed by atoms with Gasteiger partial charge in [0.25, 0.3) is 5.91 Å². The van der Waals surface area contributed by atoms with Crippen LogP contribution in [-0.4, -0.2) is 47.9 Å². The molecule has 0 atom stereocenters. The highest BCUT2D eigenvalue weighted by Crippen LogP contribution is 2.20. The first-order valence-corrected chi connectivity index (χ1v) is 8.66. The summed E-state index contributed by atoms with van der Waals surface area (Å²) < 4.78 is 0. The van der Waals surface area contributed by atoms with Gasteiger partial charge in [-0.1, -0.05) is 11.6 Å². The lowest BCUT2D eigenvalue weighted by atomic mass is 9.97. The van der Waals surface area contributed by atoms with E-state index in [1.807, 2.05) is 6.07 Å². The lowest BCUT2D eigenvalue weighted by Crippen LogP contribution is -2.49. The van der Waals surface area contributed by atoms with Gasteiger partial charge in [-0.3, -0.25) is 9.59 Å². The summed E-state index contributed by atoms with van der Waals surface area (Å²) in [5, 5.41) is 6.02. The second-order valence-corrected chi connectivity index (χ2v) is 6.29. The first-order valence-electron chi connectivity index (χ1n) is 8.66. The van der Waals surface area contributed by atoms with Gasteiger partial charge < -0.3 is 15.5 Å². The molecule has 0 saturated carbocycles. The highest BCUT2D eigenvalue weighted by Gasteiger charge is 2.22. The second-order valence-electron chi connectivity index (χ2n) is 6.29. The standard InChI is InChI=1S/C18H24N4O2/c23-17-13-22(11-10-20-17)18(24)15-6-7-16(21-12-15)19-9-8-14-4-2-1-3-5-14/h4,6-7,12H,1-3,5,8-11,13H2,(H,19,21)(H,20,23). The number of amides is 2. The molecule has 2 aliphatic rings. The van der Waals surface area contributed by atoms with E-state index >= 15 is 0 Å². The number of rotatable bonds is 5. The normalized spacial score (nSPS) is 17.9. The van der Waals surface area contributed by atoms with Crippen LogP contribution >= 0.6 is 0 Å². The fourth-order valence-corrected chi connectivity index (χ4v) is 3.10. The summed E-state index contributed by atoms with van der Waals surface area (Å²) in [6.07, 6.45) is 10.0. The molecule has 1 aliphatic carbocycles. The molecular weight excluding hydrogens is 304 g/mol. The van der Waals surface area contributed by atoms with Crippen LogP contribution in [0.4, 0.5) is 5.82 Å². The first-order chi connectivity index (χ1) is 11.7. The van der Waals surface area contributed by atoms with Gasteiger partial charge in [0.1, 0.15) is 5.82 Å². The number of hydrogen-bond donors (Lipinski definition) is 2. The van der Waals surface area contributed by atoms with E-state index < -0.39 is 0 Å². The van der Waals surface area contributed by atoms with E-state index in [2.05, 4.69) is 21.7 Å². The maximum absolute atomic E-state index is 12.4. The molecule has 2 N–H and O–H groups in total. The minimum absolute atomic E-state index is 0.113. The van der Waals surface area contributed by atoms with Gasteiger partial charge in [0, 0.05) is 25.8 Å². The zero-order valence-corrected chi connectivity index (χ0v) is 13.9. The topological polar surface area (TPSA) is 74.3 Å².